The first kappa shape index (κ1) is 15.9. The number of carboxylic acids is 1. The van der Waals surface area contributed by atoms with Crippen molar-refractivity contribution in [1.82, 2.24) is 4.90 Å². The summed E-state index contributed by atoms with van der Waals surface area (Å²) in [5, 5.41) is 12.9. The van der Waals surface area contributed by atoms with Gasteiger partial charge in [-0.1, -0.05) is 30.1 Å². The Morgan fingerprint density at radius 1 is 1.43 bits per heavy atom. The molecule has 1 aliphatic heterocycles. The lowest BCUT2D eigenvalue weighted by Crippen LogP contribution is -2.54. The van der Waals surface area contributed by atoms with Crippen LogP contribution in [0.1, 0.15) is 26.2 Å². The fourth-order valence-corrected chi connectivity index (χ4v) is 3.15. The van der Waals surface area contributed by atoms with E-state index in [1.54, 1.807) is 19.1 Å². The molecule has 114 valence electrons. The summed E-state index contributed by atoms with van der Waals surface area (Å²) in [5.41, 5.74) is -0.725. The van der Waals surface area contributed by atoms with Crippen LogP contribution < -0.4 is 5.32 Å². The maximum Gasteiger partial charge on any atom is 0.329 e. The summed E-state index contributed by atoms with van der Waals surface area (Å²) < 4.78 is 0. The second-order valence-electron chi connectivity index (χ2n) is 5.00. The fourth-order valence-electron chi connectivity index (χ4n) is 2.69. The number of nitrogens with zero attached hydrogens (tertiary/aromatic N) is 1. The van der Waals surface area contributed by atoms with Gasteiger partial charge < -0.3 is 15.3 Å². The van der Waals surface area contributed by atoms with Gasteiger partial charge in [0.05, 0.1) is 10.7 Å². The minimum atomic E-state index is -1.14. The Kier molecular flexibility index (Phi) is 4.64. The third kappa shape index (κ3) is 2.94. The van der Waals surface area contributed by atoms with Crippen molar-refractivity contribution in [3.05, 3.63) is 28.2 Å². The van der Waals surface area contributed by atoms with E-state index in [0.717, 1.165) is 0 Å². The molecule has 5 nitrogen and oxygen atoms in total. The minimum Gasteiger partial charge on any atom is -0.479 e. The molecule has 2 N–H and O–H groups in total. The van der Waals surface area contributed by atoms with Gasteiger partial charge in [-0.25, -0.2) is 9.59 Å². The highest BCUT2D eigenvalue weighted by Gasteiger charge is 2.48. The van der Waals surface area contributed by atoms with Crippen LogP contribution in [0.5, 0.6) is 0 Å². The average molecular weight is 331 g/mol. The quantitative estimate of drug-likeness (QED) is 0.884. The van der Waals surface area contributed by atoms with Crippen LogP contribution in [-0.2, 0) is 4.79 Å². The van der Waals surface area contributed by atoms with Gasteiger partial charge >= 0.3 is 12.0 Å². The van der Waals surface area contributed by atoms with Crippen molar-refractivity contribution in [3.8, 4) is 0 Å². The number of carbonyl (C=O) groups excluding carboxylic acids is 1. The Labute approximate surface area is 132 Å². The number of carbonyl (C=O) groups is 2. The molecule has 1 aromatic rings. The largest absolute Gasteiger partial charge is 0.479 e. The molecule has 1 unspecified atom stereocenters. The van der Waals surface area contributed by atoms with Crippen LogP contribution in [0.25, 0.3) is 0 Å². The van der Waals surface area contributed by atoms with Gasteiger partial charge in [0.2, 0.25) is 0 Å². The highest BCUT2D eigenvalue weighted by molar-refractivity contribution is 6.36. The standard InChI is InChI=1S/C14H16Cl2N2O3/c1-2-14(12(19)20)6-3-7-18(14)13(21)17-11-5-4-9(15)8-10(11)16/h4-5,8H,2-3,6-7H2,1H3,(H,17,21)(H,19,20). The topological polar surface area (TPSA) is 69.6 Å². The van der Waals surface area contributed by atoms with E-state index in [2.05, 4.69) is 5.32 Å². The molecule has 0 aliphatic carbocycles. The number of aliphatic carboxylic acids is 1. The number of likely N-dealkylation sites (tertiary alicyclic amines) is 1. The highest BCUT2D eigenvalue weighted by Crippen LogP contribution is 2.34. The zero-order valence-corrected chi connectivity index (χ0v) is 13.0. The van der Waals surface area contributed by atoms with E-state index < -0.39 is 17.5 Å². The van der Waals surface area contributed by atoms with Gasteiger partial charge in [0.25, 0.3) is 0 Å². The van der Waals surface area contributed by atoms with Crippen LogP contribution in [0.4, 0.5) is 10.5 Å². The molecule has 1 atom stereocenters. The zero-order chi connectivity index (χ0) is 15.6. The summed E-state index contributed by atoms with van der Waals surface area (Å²) >= 11 is 11.8. The molecular formula is C14H16Cl2N2O3. The first-order valence-corrected chi connectivity index (χ1v) is 7.43. The summed E-state index contributed by atoms with van der Waals surface area (Å²) in [6.07, 6.45) is 1.49. The van der Waals surface area contributed by atoms with Crippen molar-refractivity contribution in [1.29, 1.82) is 0 Å². The molecule has 1 aliphatic rings. The minimum absolute atomic E-state index is 0.312. The first-order valence-electron chi connectivity index (χ1n) is 6.68. The lowest BCUT2D eigenvalue weighted by Gasteiger charge is -2.33. The third-order valence-corrected chi connectivity index (χ3v) is 4.44. The number of anilines is 1. The maximum absolute atomic E-state index is 12.4. The van der Waals surface area contributed by atoms with Gasteiger partial charge in [0.1, 0.15) is 5.54 Å². The Bertz CT molecular complexity index is 579. The lowest BCUT2D eigenvalue weighted by atomic mass is 9.93. The lowest BCUT2D eigenvalue weighted by molar-refractivity contribution is -0.148. The number of hydrogen-bond acceptors (Lipinski definition) is 2. The van der Waals surface area contributed by atoms with Crippen LogP contribution >= 0.6 is 23.2 Å². The van der Waals surface area contributed by atoms with Gasteiger partial charge in [-0.05, 0) is 37.5 Å². The molecule has 0 spiro atoms. The summed E-state index contributed by atoms with van der Waals surface area (Å²) in [6, 6.07) is 4.26. The van der Waals surface area contributed by atoms with Crippen molar-refractivity contribution in [3.63, 3.8) is 0 Å². The molecule has 1 heterocycles. The molecule has 0 bridgehead atoms. The summed E-state index contributed by atoms with van der Waals surface area (Å²) in [7, 11) is 0. The fraction of sp³-hybridized carbons (Fsp3) is 0.429. The number of benzene rings is 1. The first-order chi connectivity index (χ1) is 9.90. The van der Waals surface area contributed by atoms with Crippen LogP contribution in [0.3, 0.4) is 0 Å². The van der Waals surface area contributed by atoms with Gasteiger partial charge in [-0.3, -0.25) is 0 Å². The van der Waals surface area contributed by atoms with Crippen LogP contribution in [0.15, 0.2) is 18.2 Å². The average Bonchev–Trinajstić information content (AvgIpc) is 2.87. The second-order valence-corrected chi connectivity index (χ2v) is 5.84. The van der Waals surface area contributed by atoms with E-state index in [4.69, 9.17) is 23.2 Å². The van der Waals surface area contributed by atoms with E-state index in [0.29, 0.717) is 41.5 Å². The molecular weight excluding hydrogens is 315 g/mol. The number of rotatable bonds is 3. The smallest absolute Gasteiger partial charge is 0.329 e. The molecule has 0 radical (unpaired) electrons. The summed E-state index contributed by atoms with van der Waals surface area (Å²) in [4.78, 5) is 25.3. The molecule has 1 saturated heterocycles. The van der Waals surface area contributed by atoms with Gasteiger partial charge in [0, 0.05) is 11.6 Å². The van der Waals surface area contributed by atoms with E-state index in [1.807, 2.05) is 0 Å². The van der Waals surface area contributed by atoms with Crippen molar-refractivity contribution in [2.45, 2.75) is 31.7 Å². The van der Waals surface area contributed by atoms with Crippen molar-refractivity contribution < 1.29 is 14.7 Å². The van der Waals surface area contributed by atoms with Crippen molar-refractivity contribution in [2.24, 2.45) is 0 Å². The van der Waals surface area contributed by atoms with Crippen LogP contribution in [0, 0.1) is 0 Å². The molecule has 7 heteroatoms. The molecule has 1 aromatic carbocycles. The summed E-state index contributed by atoms with van der Waals surface area (Å²) in [5.74, 6) is -0.972. The molecule has 1 fully saturated rings. The predicted molar refractivity (Wildman–Crippen MR) is 82.1 cm³/mol. The third-order valence-electron chi connectivity index (χ3n) is 3.89. The van der Waals surface area contributed by atoms with E-state index in [1.165, 1.54) is 11.0 Å². The number of hydrogen-bond donors (Lipinski definition) is 2. The Morgan fingerprint density at radius 3 is 2.71 bits per heavy atom. The number of nitrogens with one attached hydrogen (secondary N) is 1. The van der Waals surface area contributed by atoms with E-state index in [-0.39, 0.29) is 0 Å². The molecule has 0 saturated carbocycles. The van der Waals surface area contributed by atoms with Crippen molar-refractivity contribution >= 4 is 40.9 Å². The molecule has 2 rings (SSSR count). The number of carboxylic acid groups (broad SMARTS) is 1. The van der Waals surface area contributed by atoms with Gasteiger partial charge in [-0.2, -0.15) is 0 Å². The zero-order valence-electron chi connectivity index (χ0n) is 11.5. The monoisotopic (exact) mass is 330 g/mol. The Hall–Kier alpha value is -1.46. The van der Waals surface area contributed by atoms with Gasteiger partial charge in [-0.15, -0.1) is 0 Å². The predicted octanol–water partition coefficient (Wildman–Crippen LogP) is 3.85. The van der Waals surface area contributed by atoms with Gasteiger partial charge in [0.15, 0.2) is 0 Å². The molecule has 0 aromatic heterocycles. The maximum atomic E-state index is 12.4. The van der Waals surface area contributed by atoms with Crippen molar-refractivity contribution in [2.75, 3.05) is 11.9 Å². The number of halogens is 2. The SMILES string of the molecule is CCC1(C(=O)O)CCCN1C(=O)Nc1ccc(Cl)cc1Cl. The van der Waals surface area contributed by atoms with Crippen LogP contribution in [0.2, 0.25) is 10.0 Å². The molecule has 21 heavy (non-hydrogen) atoms. The second kappa shape index (κ2) is 6.12. The highest BCUT2D eigenvalue weighted by atomic mass is 35.5. The van der Waals surface area contributed by atoms with E-state index >= 15 is 0 Å². The normalized spacial score (nSPS) is 21.4. The van der Waals surface area contributed by atoms with E-state index in [9.17, 15) is 14.7 Å². The molecule has 2 amide bonds. The summed E-state index contributed by atoms with van der Waals surface area (Å²) in [6.45, 7) is 2.19. The number of urea groups is 1. The Morgan fingerprint density at radius 2 is 2.14 bits per heavy atom. The Balaban J connectivity index is 2.21. The number of amides is 2. The van der Waals surface area contributed by atoms with Crippen LogP contribution in [-0.4, -0.2) is 34.1 Å².